The summed E-state index contributed by atoms with van der Waals surface area (Å²) in [4.78, 5) is 26.3. The average Bonchev–Trinajstić information content (AvgIpc) is 2.91. The molecule has 2 heterocycles. The Morgan fingerprint density at radius 3 is 2.58 bits per heavy atom. The van der Waals surface area contributed by atoms with Gasteiger partial charge >= 0.3 is 0 Å². The van der Waals surface area contributed by atoms with Crippen molar-refractivity contribution >= 4 is 35.1 Å². The normalized spacial score (nSPS) is 14.1. The number of amides is 1. The van der Waals surface area contributed by atoms with Crippen LogP contribution in [0.15, 0.2) is 65.8 Å². The topological polar surface area (TPSA) is 70.6 Å². The largest absolute Gasteiger partial charge is 0.385 e. The lowest BCUT2D eigenvalue weighted by Gasteiger charge is -2.35. The molecule has 2 aromatic carbocycles. The summed E-state index contributed by atoms with van der Waals surface area (Å²) >= 11 is 7.88. The first kappa shape index (κ1) is 26.4. The van der Waals surface area contributed by atoms with Crippen molar-refractivity contribution in [1.29, 1.82) is 0 Å². The second-order valence-electron chi connectivity index (χ2n) is 8.67. The summed E-state index contributed by atoms with van der Waals surface area (Å²) in [7, 11) is 1.66. The van der Waals surface area contributed by atoms with Gasteiger partial charge in [0, 0.05) is 70.4 Å². The molecule has 0 unspecified atom stereocenters. The summed E-state index contributed by atoms with van der Waals surface area (Å²) in [5.41, 5.74) is 3.01. The van der Waals surface area contributed by atoms with Crippen molar-refractivity contribution in [3.05, 3.63) is 82.5 Å². The van der Waals surface area contributed by atoms with E-state index in [0.717, 1.165) is 50.5 Å². The second-order valence-corrected chi connectivity index (χ2v) is 10.0. The van der Waals surface area contributed by atoms with Crippen LogP contribution >= 0.6 is 23.4 Å². The summed E-state index contributed by atoms with van der Waals surface area (Å²) in [5.74, 6) is 1.43. The van der Waals surface area contributed by atoms with E-state index in [1.165, 1.54) is 17.3 Å². The van der Waals surface area contributed by atoms with Gasteiger partial charge in [-0.2, -0.15) is 0 Å². The van der Waals surface area contributed by atoms with Gasteiger partial charge in [0.25, 0.3) is 5.91 Å². The molecule has 3 aromatic rings. The lowest BCUT2D eigenvalue weighted by molar-refractivity contribution is 0.0948. The molecule has 1 aromatic heterocycles. The molecule has 0 radical (unpaired) electrons. The first-order chi connectivity index (χ1) is 17.6. The quantitative estimate of drug-likeness (QED) is 0.171. The number of carbonyl (C=O) groups is 1. The monoisotopic (exact) mass is 525 g/mol. The fraction of sp³-hybridized carbons (Fsp3) is 0.370. The molecule has 0 saturated carbocycles. The number of thioether (sulfide) groups is 1. The number of nitrogens with one attached hydrogen (secondary N) is 1. The molecule has 7 nitrogen and oxygen atoms in total. The fourth-order valence-corrected chi connectivity index (χ4v) is 5.08. The van der Waals surface area contributed by atoms with Crippen LogP contribution in [0.1, 0.15) is 27.9 Å². The summed E-state index contributed by atoms with van der Waals surface area (Å²) in [6.07, 6.45) is 0.786. The predicted molar refractivity (Wildman–Crippen MR) is 146 cm³/mol. The molecule has 0 atom stereocenters. The van der Waals surface area contributed by atoms with Crippen LogP contribution in [0.2, 0.25) is 5.15 Å². The lowest BCUT2D eigenvalue weighted by atomic mass is 10.1. The highest BCUT2D eigenvalue weighted by Gasteiger charge is 2.19. The Morgan fingerprint density at radius 1 is 1.03 bits per heavy atom. The van der Waals surface area contributed by atoms with Gasteiger partial charge in [-0.05, 0) is 29.7 Å². The minimum absolute atomic E-state index is 0.0781. The number of rotatable bonds is 11. The van der Waals surface area contributed by atoms with E-state index in [4.69, 9.17) is 21.3 Å². The molecule has 36 heavy (non-hydrogen) atoms. The van der Waals surface area contributed by atoms with Crippen molar-refractivity contribution in [2.45, 2.75) is 23.9 Å². The molecule has 1 fully saturated rings. The summed E-state index contributed by atoms with van der Waals surface area (Å²) in [6, 6.07) is 20.1. The van der Waals surface area contributed by atoms with E-state index in [0.29, 0.717) is 34.8 Å². The third-order valence-electron chi connectivity index (χ3n) is 5.97. The van der Waals surface area contributed by atoms with Gasteiger partial charge in [-0.3, -0.25) is 9.69 Å². The Bertz CT molecular complexity index is 1130. The number of piperazine rings is 1. The van der Waals surface area contributed by atoms with Crippen LogP contribution in [0.25, 0.3) is 0 Å². The van der Waals surface area contributed by atoms with Gasteiger partial charge in [0.2, 0.25) is 0 Å². The molecule has 1 aliphatic heterocycles. The van der Waals surface area contributed by atoms with Gasteiger partial charge in [0.05, 0.1) is 0 Å². The number of halogens is 1. The highest BCUT2D eigenvalue weighted by Crippen LogP contribution is 2.26. The van der Waals surface area contributed by atoms with E-state index in [9.17, 15) is 4.79 Å². The van der Waals surface area contributed by atoms with Gasteiger partial charge in [-0.15, -0.1) is 0 Å². The number of methoxy groups -OCH3 is 1. The van der Waals surface area contributed by atoms with E-state index in [-0.39, 0.29) is 5.91 Å². The fourth-order valence-electron chi connectivity index (χ4n) is 4.06. The zero-order chi connectivity index (χ0) is 25.2. The Hall–Kier alpha value is -2.65. The summed E-state index contributed by atoms with van der Waals surface area (Å²) < 4.78 is 5.02. The number of hydrogen-bond donors (Lipinski definition) is 1. The van der Waals surface area contributed by atoms with Crippen LogP contribution in [-0.2, 0) is 17.0 Å². The summed E-state index contributed by atoms with van der Waals surface area (Å²) in [5, 5.41) is 4.01. The van der Waals surface area contributed by atoms with Crippen molar-refractivity contribution in [1.82, 2.24) is 20.2 Å². The Balaban J connectivity index is 1.31. The number of nitrogens with zero attached hydrogens (tertiary/aromatic N) is 4. The Morgan fingerprint density at radius 2 is 1.81 bits per heavy atom. The molecular weight excluding hydrogens is 494 g/mol. The van der Waals surface area contributed by atoms with Crippen molar-refractivity contribution < 1.29 is 9.53 Å². The molecule has 1 aliphatic rings. The van der Waals surface area contributed by atoms with Crippen LogP contribution < -0.4 is 10.2 Å². The number of anilines is 1. The number of carbonyl (C=O) groups excluding carboxylic acids is 1. The third-order valence-corrected chi connectivity index (χ3v) is 7.09. The molecule has 9 heteroatoms. The first-order valence-corrected chi connectivity index (χ1v) is 13.5. The van der Waals surface area contributed by atoms with E-state index in [2.05, 4.69) is 50.4 Å². The number of ether oxygens (including phenoxy) is 1. The number of aromatic nitrogens is 2. The second kappa shape index (κ2) is 13.6. The highest BCUT2D eigenvalue weighted by atomic mass is 35.5. The molecule has 1 saturated heterocycles. The molecular formula is C27H32ClN5O2S. The molecule has 4 rings (SSSR count). The van der Waals surface area contributed by atoms with Gasteiger partial charge in [0.15, 0.2) is 5.16 Å². The SMILES string of the molecule is COCCCNC(=O)c1cccc(CSc2nc(Cl)cc(N3CCN(Cc4ccccc4)CC3)n2)c1. The van der Waals surface area contributed by atoms with Crippen LogP contribution in [0.5, 0.6) is 0 Å². The highest BCUT2D eigenvalue weighted by molar-refractivity contribution is 7.98. The van der Waals surface area contributed by atoms with E-state index in [1.807, 2.05) is 30.3 Å². The van der Waals surface area contributed by atoms with Crippen molar-refractivity contribution in [2.75, 3.05) is 51.3 Å². The Labute approximate surface area is 222 Å². The number of hydrogen-bond acceptors (Lipinski definition) is 7. The maximum Gasteiger partial charge on any atom is 0.251 e. The number of benzene rings is 2. The maximum absolute atomic E-state index is 12.4. The molecule has 190 valence electrons. The predicted octanol–water partition coefficient (Wildman–Crippen LogP) is 4.51. The van der Waals surface area contributed by atoms with Gasteiger partial charge in [-0.1, -0.05) is 65.8 Å². The molecule has 0 spiro atoms. The van der Waals surface area contributed by atoms with Crippen LogP contribution in [0, 0.1) is 0 Å². The zero-order valence-corrected chi connectivity index (χ0v) is 22.1. The van der Waals surface area contributed by atoms with E-state index >= 15 is 0 Å². The maximum atomic E-state index is 12.4. The van der Waals surface area contributed by atoms with Crippen LogP contribution in [0.3, 0.4) is 0 Å². The standard InChI is InChI=1S/C27H32ClN5O2S/c1-35-16-6-11-29-26(34)23-10-5-9-22(17-23)20-36-27-30-24(28)18-25(31-27)33-14-12-32(13-15-33)19-21-7-3-2-4-8-21/h2-5,7-10,17-18H,6,11-16,19-20H2,1H3,(H,29,34). The lowest BCUT2D eigenvalue weighted by Crippen LogP contribution is -2.46. The van der Waals surface area contributed by atoms with E-state index < -0.39 is 0 Å². The van der Waals surface area contributed by atoms with Gasteiger partial charge in [-0.25, -0.2) is 9.97 Å². The van der Waals surface area contributed by atoms with E-state index in [1.54, 1.807) is 7.11 Å². The summed E-state index contributed by atoms with van der Waals surface area (Å²) in [6.45, 7) is 5.91. The zero-order valence-electron chi connectivity index (χ0n) is 20.5. The molecule has 1 N–H and O–H groups in total. The molecule has 1 amide bonds. The van der Waals surface area contributed by atoms with Crippen molar-refractivity contribution in [3.63, 3.8) is 0 Å². The van der Waals surface area contributed by atoms with Crippen molar-refractivity contribution in [3.8, 4) is 0 Å². The van der Waals surface area contributed by atoms with Crippen LogP contribution in [-0.4, -0.2) is 67.2 Å². The average molecular weight is 526 g/mol. The van der Waals surface area contributed by atoms with Gasteiger partial charge < -0.3 is 15.0 Å². The minimum Gasteiger partial charge on any atom is -0.385 e. The Kier molecular flexibility index (Phi) is 9.98. The van der Waals surface area contributed by atoms with Crippen LogP contribution in [0.4, 0.5) is 5.82 Å². The smallest absolute Gasteiger partial charge is 0.251 e. The molecule has 0 aliphatic carbocycles. The van der Waals surface area contributed by atoms with Gasteiger partial charge in [0.1, 0.15) is 11.0 Å². The molecule has 0 bridgehead atoms. The third kappa shape index (κ3) is 7.93. The first-order valence-electron chi connectivity index (χ1n) is 12.2. The minimum atomic E-state index is -0.0781. The van der Waals surface area contributed by atoms with Crippen molar-refractivity contribution in [2.24, 2.45) is 0 Å².